The summed E-state index contributed by atoms with van der Waals surface area (Å²) in [5, 5.41) is 20.7. The molecule has 1 atom stereocenters. The molecule has 0 saturated heterocycles. The van der Waals surface area contributed by atoms with Gasteiger partial charge in [0, 0.05) is 19.6 Å². The van der Waals surface area contributed by atoms with Crippen LogP contribution < -0.4 is 5.32 Å². The molecule has 2 amide bonds. The zero-order valence-electron chi connectivity index (χ0n) is 11.6. The van der Waals surface area contributed by atoms with Crippen LogP contribution in [-0.4, -0.2) is 52.9 Å². The Balaban J connectivity index is 2.35. The zero-order chi connectivity index (χ0) is 14.4. The van der Waals surface area contributed by atoms with Crippen molar-refractivity contribution in [3.63, 3.8) is 0 Å². The molecule has 0 heterocycles. The first-order valence-electron chi connectivity index (χ1n) is 6.83. The SMILES string of the molecule is CCCC(CC(=O)O)NC(=O)N(C)CC1CC(O)C1. The fourth-order valence-electron chi connectivity index (χ4n) is 2.39. The molecule has 0 aliphatic heterocycles. The van der Waals surface area contributed by atoms with Gasteiger partial charge in [-0.05, 0) is 25.2 Å². The van der Waals surface area contributed by atoms with Crippen molar-refractivity contribution >= 4 is 12.0 Å². The number of aliphatic hydroxyl groups excluding tert-OH is 1. The van der Waals surface area contributed by atoms with Gasteiger partial charge in [0.2, 0.25) is 0 Å². The monoisotopic (exact) mass is 272 g/mol. The maximum Gasteiger partial charge on any atom is 0.317 e. The van der Waals surface area contributed by atoms with Gasteiger partial charge in [0.1, 0.15) is 0 Å². The second kappa shape index (κ2) is 7.33. The second-order valence-electron chi connectivity index (χ2n) is 5.40. The first kappa shape index (κ1) is 15.8. The number of rotatable bonds is 7. The Morgan fingerprint density at radius 3 is 2.53 bits per heavy atom. The number of carbonyl (C=O) groups excluding carboxylic acids is 1. The molecule has 0 spiro atoms. The zero-order valence-corrected chi connectivity index (χ0v) is 11.6. The molecule has 19 heavy (non-hydrogen) atoms. The molecular formula is C13H24N2O4. The molecule has 1 saturated carbocycles. The fraction of sp³-hybridized carbons (Fsp3) is 0.846. The molecule has 3 N–H and O–H groups in total. The average Bonchev–Trinajstić information content (AvgIpc) is 2.26. The lowest BCUT2D eigenvalue weighted by Crippen LogP contribution is -2.47. The minimum Gasteiger partial charge on any atom is -0.481 e. The van der Waals surface area contributed by atoms with E-state index in [9.17, 15) is 14.7 Å². The van der Waals surface area contributed by atoms with E-state index in [1.54, 1.807) is 11.9 Å². The lowest BCUT2D eigenvalue weighted by Gasteiger charge is -2.34. The van der Waals surface area contributed by atoms with Gasteiger partial charge in [-0.15, -0.1) is 0 Å². The molecule has 6 nitrogen and oxygen atoms in total. The number of carboxylic acids is 1. The molecule has 0 aromatic carbocycles. The average molecular weight is 272 g/mol. The number of aliphatic carboxylic acids is 1. The summed E-state index contributed by atoms with van der Waals surface area (Å²) < 4.78 is 0. The number of hydrogen-bond acceptors (Lipinski definition) is 3. The van der Waals surface area contributed by atoms with Crippen LogP contribution in [0.5, 0.6) is 0 Å². The van der Waals surface area contributed by atoms with E-state index >= 15 is 0 Å². The van der Waals surface area contributed by atoms with Crippen molar-refractivity contribution in [2.24, 2.45) is 5.92 Å². The molecule has 6 heteroatoms. The van der Waals surface area contributed by atoms with Crippen LogP contribution in [0, 0.1) is 5.92 Å². The molecule has 0 aromatic heterocycles. The Labute approximate surface area is 113 Å². The largest absolute Gasteiger partial charge is 0.481 e. The van der Waals surface area contributed by atoms with Crippen molar-refractivity contribution in [1.82, 2.24) is 10.2 Å². The molecular weight excluding hydrogens is 248 g/mol. The summed E-state index contributed by atoms with van der Waals surface area (Å²) in [5.74, 6) is -0.543. The standard InChI is InChI=1S/C13H24N2O4/c1-3-4-10(7-12(17)18)14-13(19)15(2)8-9-5-11(16)6-9/h9-11,16H,3-8H2,1-2H3,(H,14,19)(H,17,18). The number of urea groups is 1. The number of nitrogens with zero attached hydrogens (tertiary/aromatic N) is 1. The predicted molar refractivity (Wildman–Crippen MR) is 70.8 cm³/mol. The highest BCUT2D eigenvalue weighted by molar-refractivity contribution is 5.75. The van der Waals surface area contributed by atoms with E-state index in [1.165, 1.54) is 0 Å². The Bertz CT molecular complexity index is 316. The smallest absolute Gasteiger partial charge is 0.317 e. The van der Waals surface area contributed by atoms with Gasteiger partial charge in [-0.3, -0.25) is 4.79 Å². The summed E-state index contributed by atoms with van der Waals surface area (Å²) in [6.45, 7) is 2.56. The first-order chi connectivity index (χ1) is 8.92. The number of carboxylic acid groups (broad SMARTS) is 1. The van der Waals surface area contributed by atoms with Crippen molar-refractivity contribution in [3.8, 4) is 0 Å². The third kappa shape index (κ3) is 5.46. The molecule has 1 rings (SSSR count). The van der Waals surface area contributed by atoms with Crippen LogP contribution in [-0.2, 0) is 4.79 Å². The summed E-state index contributed by atoms with van der Waals surface area (Å²) in [7, 11) is 1.70. The van der Waals surface area contributed by atoms with Crippen LogP contribution in [0.4, 0.5) is 4.79 Å². The summed E-state index contributed by atoms with van der Waals surface area (Å²) in [4.78, 5) is 24.2. The van der Waals surface area contributed by atoms with Crippen LogP contribution in [0.25, 0.3) is 0 Å². The molecule has 0 radical (unpaired) electrons. The minimum absolute atomic E-state index is 0.0461. The van der Waals surface area contributed by atoms with Crippen LogP contribution in [0.15, 0.2) is 0 Å². The quantitative estimate of drug-likeness (QED) is 0.646. The number of hydrogen-bond donors (Lipinski definition) is 3. The molecule has 1 fully saturated rings. The highest BCUT2D eigenvalue weighted by Gasteiger charge is 2.29. The fourth-order valence-corrected chi connectivity index (χ4v) is 2.39. The number of aliphatic hydroxyl groups is 1. The molecule has 110 valence electrons. The van der Waals surface area contributed by atoms with Crippen LogP contribution in [0.2, 0.25) is 0 Å². The molecule has 0 bridgehead atoms. The van der Waals surface area contributed by atoms with Gasteiger partial charge >= 0.3 is 12.0 Å². The molecule has 1 aliphatic rings. The van der Waals surface area contributed by atoms with Gasteiger partial charge in [-0.2, -0.15) is 0 Å². The molecule has 0 aromatic rings. The Morgan fingerprint density at radius 2 is 2.05 bits per heavy atom. The van der Waals surface area contributed by atoms with E-state index in [0.717, 1.165) is 19.3 Å². The van der Waals surface area contributed by atoms with Gasteiger partial charge < -0.3 is 20.4 Å². The maximum atomic E-state index is 11.9. The highest BCUT2D eigenvalue weighted by Crippen LogP contribution is 2.27. The van der Waals surface area contributed by atoms with Gasteiger partial charge in [-0.25, -0.2) is 4.79 Å². The third-order valence-electron chi connectivity index (χ3n) is 3.48. The Morgan fingerprint density at radius 1 is 1.42 bits per heavy atom. The van der Waals surface area contributed by atoms with E-state index in [0.29, 0.717) is 18.9 Å². The lowest BCUT2D eigenvalue weighted by atomic mass is 9.82. The van der Waals surface area contributed by atoms with Crippen molar-refractivity contribution < 1.29 is 19.8 Å². The number of amides is 2. The number of carbonyl (C=O) groups is 2. The minimum atomic E-state index is -0.900. The normalized spacial score (nSPS) is 23.3. The lowest BCUT2D eigenvalue weighted by molar-refractivity contribution is -0.137. The second-order valence-corrected chi connectivity index (χ2v) is 5.40. The van der Waals surface area contributed by atoms with Crippen molar-refractivity contribution in [3.05, 3.63) is 0 Å². The van der Waals surface area contributed by atoms with Gasteiger partial charge in [0.25, 0.3) is 0 Å². The van der Waals surface area contributed by atoms with Gasteiger partial charge in [0.15, 0.2) is 0 Å². The van der Waals surface area contributed by atoms with Crippen LogP contribution in [0.1, 0.15) is 39.0 Å². The molecule has 1 unspecified atom stereocenters. The van der Waals surface area contributed by atoms with Crippen molar-refractivity contribution in [2.45, 2.75) is 51.2 Å². The van der Waals surface area contributed by atoms with E-state index in [1.807, 2.05) is 6.92 Å². The summed E-state index contributed by atoms with van der Waals surface area (Å²) in [6.07, 6.45) is 2.71. The predicted octanol–water partition coefficient (Wildman–Crippen LogP) is 1.04. The summed E-state index contributed by atoms with van der Waals surface area (Å²) >= 11 is 0. The van der Waals surface area contributed by atoms with E-state index in [-0.39, 0.29) is 24.6 Å². The van der Waals surface area contributed by atoms with E-state index in [4.69, 9.17) is 5.11 Å². The van der Waals surface area contributed by atoms with Crippen LogP contribution in [0.3, 0.4) is 0 Å². The summed E-state index contributed by atoms with van der Waals surface area (Å²) in [5.41, 5.74) is 0. The van der Waals surface area contributed by atoms with Gasteiger partial charge in [0.05, 0.1) is 12.5 Å². The topological polar surface area (TPSA) is 89.9 Å². The number of nitrogens with one attached hydrogen (secondary N) is 1. The van der Waals surface area contributed by atoms with Gasteiger partial charge in [-0.1, -0.05) is 13.3 Å². The van der Waals surface area contributed by atoms with Crippen LogP contribution >= 0.6 is 0 Å². The Kier molecular flexibility index (Phi) is 6.08. The van der Waals surface area contributed by atoms with E-state index < -0.39 is 5.97 Å². The maximum absolute atomic E-state index is 11.9. The first-order valence-corrected chi connectivity index (χ1v) is 6.83. The Hall–Kier alpha value is -1.30. The van der Waals surface area contributed by atoms with Crippen molar-refractivity contribution in [2.75, 3.05) is 13.6 Å². The summed E-state index contributed by atoms with van der Waals surface area (Å²) in [6, 6.07) is -0.550. The highest BCUT2D eigenvalue weighted by atomic mass is 16.4. The molecule has 1 aliphatic carbocycles. The van der Waals surface area contributed by atoms with E-state index in [2.05, 4.69) is 5.32 Å². The van der Waals surface area contributed by atoms with Crippen molar-refractivity contribution in [1.29, 1.82) is 0 Å². The third-order valence-corrected chi connectivity index (χ3v) is 3.48.